The van der Waals surface area contributed by atoms with Crippen LogP contribution in [0.2, 0.25) is 0 Å². The summed E-state index contributed by atoms with van der Waals surface area (Å²) in [5, 5.41) is 0. The van der Waals surface area contributed by atoms with E-state index in [-0.39, 0.29) is 17.7 Å². The highest BCUT2D eigenvalue weighted by atomic mass is 16.8. The number of carbonyl (C=O) groups is 1. The summed E-state index contributed by atoms with van der Waals surface area (Å²) in [4.78, 5) is 12.3. The maximum Gasteiger partial charge on any atom is 0.338 e. The molecule has 1 aliphatic heterocycles. The molecule has 2 fully saturated rings. The van der Waals surface area contributed by atoms with Gasteiger partial charge in [-0.15, -0.1) is 0 Å². The zero-order valence-corrected chi connectivity index (χ0v) is 13.5. The lowest BCUT2D eigenvalue weighted by Crippen LogP contribution is -2.45. The van der Waals surface area contributed by atoms with Gasteiger partial charge in [0.15, 0.2) is 5.79 Å². The summed E-state index contributed by atoms with van der Waals surface area (Å²) in [7, 11) is 0. The maximum absolute atomic E-state index is 12.3. The molecule has 1 aliphatic carbocycles. The minimum absolute atomic E-state index is 0.117. The zero-order chi connectivity index (χ0) is 15.8. The highest BCUT2D eigenvalue weighted by molar-refractivity contribution is 5.89. The largest absolute Gasteiger partial charge is 0.459 e. The van der Waals surface area contributed by atoms with E-state index in [2.05, 4.69) is 6.92 Å². The SMILES string of the molecule is C[C@H]1C[C@H](OC(=O)c2ccccc2)C[C@]2(COC(C)(C)O2)C1. The number of benzene rings is 1. The first-order valence-corrected chi connectivity index (χ1v) is 7.98. The second-order valence-electron chi connectivity index (χ2n) is 7.12. The molecule has 3 rings (SSSR count). The molecule has 1 aromatic carbocycles. The van der Waals surface area contributed by atoms with E-state index in [0.29, 0.717) is 24.5 Å². The molecule has 1 spiro atoms. The number of ether oxygens (including phenoxy) is 3. The van der Waals surface area contributed by atoms with E-state index in [0.717, 1.165) is 12.8 Å². The Bertz CT molecular complexity index is 539. The molecule has 1 saturated heterocycles. The molecule has 1 aromatic rings. The molecular weight excluding hydrogens is 280 g/mol. The molecule has 2 aliphatic rings. The van der Waals surface area contributed by atoms with E-state index in [4.69, 9.17) is 14.2 Å². The Morgan fingerprint density at radius 1 is 1.23 bits per heavy atom. The third kappa shape index (κ3) is 3.33. The van der Waals surface area contributed by atoms with Crippen LogP contribution in [-0.2, 0) is 14.2 Å². The summed E-state index contributed by atoms with van der Waals surface area (Å²) >= 11 is 0. The van der Waals surface area contributed by atoms with Crippen molar-refractivity contribution >= 4 is 5.97 Å². The van der Waals surface area contributed by atoms with Gasteiger partial charge in [0.2, 0.25) is 0 Å². The lowest BCUT2D eigenvalue weighted by atomic mass is 9.77. The van der Waals surface area contributed by atoms with Crippen molar-refractivity contribution in [2.24, 2.45) is 5.92 Å². The number of hydrogen-bond donors (Lipinski definition) is 0. The van der Waals surface area contributed by atoms with Gasteiger partial charge in [0.25, 0.3) is 0 Å². The third-order valence-electron chi connectivity index (χ3n) is 4.41. The quantitative estimate of drug-likeness (QED) is 0.784. The fraction of sp³-hybridized carbons (Fsp3) is 0.611. The highest BCUT2D eigenvalue weighted by Crippen LogP contribution is 2.44. The Morgan fingerprint density at radius 3 is 2.59 bits per heavy atom. The summed E-state index contributed by atoms with van der Waals surface area (Å²) in [5.74, 6) is -0.363. The van der Waals surface area contributed by atoms with Crippen LogP contribution in [-0.4, -0.2) is 30.1 Å². The van der Waals surface area contributed by atoms with Gasteiger partial charge in [-0.3, -0.25) is 0 Å². The molecule has 0 aromatic heterocycles. The van der Waals surface area contributed by atoms with Crippen LogP contribution < -0.4 is 0 Å². The topological polar surface area (TPSA) is 44.8 Å². The monoisotopic (exact) mass is 304 g/mol. The van der Waals surface area contributed by atoms with Gasteiger partial charge >= 0.3 is 5.97 Å². The molecule has 4 nitrogen and oxygen atoms in total. The maximum atomic E-state index is 12.3. The van der Waals surface area contributed by atoms with Crippen molar-refractivity contribution in [1.82, 2.24) is 0 Å². The van der Waals surface area contributed by atoms with E-state index >= 15 is 0 Å². The van der Waals surface area contributed by atoms with Crippen molar-refractivity contribution in [3.63, 3.8) is 0 Å². The van der Waals surface area contributed by atoms with Crippen LogP contribution in [0.1, 0.15) is 50.4 Å². The van der Waals surface area contributed by atoms with Crippen LogP contribution in [0.15, 0.2) is 30.3 Å². The van der Waals surface area contributed by atoms with Gasteiger partial charge in [-0.25, -0.2) is 4.79 Å². The van der Waals surface area contributed by atoms with Crippen LogP contribution in [0.4, 0.5) is 0 Å². The molecule has 0 amide bonds. The Hall–Kier alpha value is -1.39. The number of rotatable bonds is 2. The Kier molecular flexibility index (Phi) is 4.00. The second-order valence-corrected chi connectivity index (χ2v) is 7.12. The summed E-state index contributed by atoms with van der Waals surface area (Å²) in [6, 6.07) is 9.14. The predicted octanol–water partition coefficient (Wildman–Crippen LogP) is 3.55. The van der Waals surface area contributed by atoms with Crippen LogP contribution in [0, 0.1) is 5.92 Å². The lowest BCUT2D eigenvalue weighted by Gasteiger charge is -2.39. The van der Waals surface area contributed by atoms with Crippen LogP contribution in [0.25, 0.3) is 0 Å². The smallest absolute Gasteiger partial charge is 0.338 e. The molecule has 3 atom stereocenters. The Morgan fingerprint density at radius 2 is 1.95 bits per heavy atom. The van der Waals surface area contributed by atoms with Crippen molar-refractivity contribution in [2.45, 2.75) is 57.5 Å². The van der Waals surface area contributed by atoms with Crippen molar-refractivity contribution in [3.8, 4) is 0 Å². The lowest BCUT2D eigenvalue weighted by molar-refractivity contribution is -0.178. The Labute approximate surface area is 131 Å². The molecule has 0 bridgehead atoms. The van der Waals surface area contributed by atoms with Gasteiger partial charge in [0.05, 0.1) is 17.8 Å². The Balaban J connectivity index is 1.68. The molecule has 4 heteroatoms. The van der Waals surface area contributed by atoms with Crippen molar-refractivity contribution in [3.05, 3.63) is 35.9 Å². The standard InChI is InChI=1S/C18H24O4/c1-13-9-15(21-16(19)14-7-5-4-6-8-14)11-18(10-13)12-20-17(2,3)22-18/h4-8,13,15H,9-12H2,1-3H3/t13-,15-,18-/m0/s1. The minimum atomic E-state index is -0.551. The summed E-state index contributed by atoms with van der Waals surface area (Å²) in [6.45, 7) is 6.63. The van der Waals surface area contributed by atoms with Gasteiger partial charge < -0.3 is 14.2 Å². The molecule has 0 N–H and O–H groups in total. The number of hydrogen-bond acceptors (Lipinski definition) is 4. The van der Waals surface area contributed by atoms with E-state index in [1.54, 1.807) is 12.1 Å². The van der Waals surface area contributed by atoms with E-state index in [1.807, 2.05) is 32.0 Å². The van der Waals surface area contributed by atoms with Gasteiger partial charge in [0.1, 0.15) is 6.10 Å². The van der Waals surface area contributed by atoms with Gasteiger partial charge in [-0.1, -0.05) is 25.1 Å². The average molecular weight is 304 g/mol. The highest BCUT2D eigenvalue weighted by Gasteiger charge is 2.50. The number of esters is 1. The third-order valence-corrected chi connectivity index (χ3v) is 4.41. The van der Waals surface area contributed by atoms with Crippen molar-refractivity contribution in [2.75, 3.05) is 6.61 Å². The summed E-state index contributed by atoms with van der Waals surface area (Å²) in [5.41, 5.74) is 0.279. The summed E-state index contributed by atoms with van der Waals surface area (Å²) in [6.07, 6.45) is 2.42. The normalized spacial score (nSPS) is 33.8. The molecule has 0 unspecified atom stereocenters. The number of carbonyl (C=O) groups excluding carboxylic acids is 1. The van der Waals surface area contributed by atoms with Crippen molar-refractivity contribution in [1.29, 1.82) is 0 Å². The fourth-order valence-corrected chi connectivity index (χ4v) is 3.72. The van der Waals surface area contributed by atoms with Crippen LogP contribution in [0.5, 0.6) is 0 Å². The first kappa shape index (κ1) is 15.5. The molecular formula is C18H24O4. The predicted molar refractivity (Wildman–Crippen MR) is 82.5 cm³/mol. The second kappa shape index (κ2) is 5.67. The molecule has 0 radical (unpaired) electrons. The molecule has 22 heavy (non-hydrogen) atoms. The summed E-state index contributed by atoms with van der Waals surface area (Å²) < 4.78 is 17.6. The molecule has 1 heterocycles. The van der Waals surface area contributed by atoms with E-state index < -0.39 is 5.79 Å². The van der Waals surface area contributed by atoms with Crippen LogP contribution in [0.3, 0.4) is 0 Å². The zero-order valence-electron chi connectivity index (χ0n) is 13.5. The fourth-order valence-electron chi connectivity index (χ4n) is 3.72. The van der Waals surface area contributed by atoms with Gasteiger partial charge in [-0.2, -0.15) is 0 Å². The van der Waals surface area contributed by atoms with E-state index in [1.165, 1.54) is 0 Å². The minimum Gasteiger partial charge on any atom is -0.459 e. The molecule has 120 valence electrons. The van der Waals surface area contributed by atoms with Crippen molar-refractivity contribution < 1.29 is 19.0 Å². The van der Waals surface area contributed by atoms with Gasteiger partial charge in [0, 0.05) is 6.42 Å². The van der Waals surface area contributed by atoms with E-state index in [9.17, 15) is 4.79 Å². The first-order chi connectivity index (χ1) is 10.4. The van der Waals surface area contributed by atoms with Gasteiger partial charge in [-0.05, 0) is 44.7 Å². The average Bonchev–Trinajstić information content (AvgIpc) is 2.73. The first-order valence-electron chi connectivity index (χ1n) is 7.98. The molecule has 1 saturated carbocycles. The van der Waals surface area contributed by atoms with Crippen LogP contribution >= 0.6 is 0 Å².